The Bertz CT molecular complexity index is 762. The highest BCUT2D eigenvalue weighted by Crippen LogP contribution is 2.24. The summed E-state index contributed by atoms with van der Waals surface area (Å²) in [7, 11) is -3.07. The van der Waals surface area contributed by atoms with Crippen LogP contribution in [0.5, 0.6) is 11.5 Å². The van der Waals surface area contributed by atoms with E-state index in [2.05, 4.69) is 9.08 Å². The highest BCUT2D eigenvalue weighted by atomic mass is 32.3. The van der Waals surface area contributed by atoms with Gasteiger partial charge in [0.25, 0.3) is 0 Å². The zero-order valence-corrected chi connectivity index (χ0v) is 13.6. The third kappa shape index (κ3) is 5.22. The topological polar surface area (TPSA) is 66.8 Å². The lowest BCUT2D eigenvalue weighted by Crippen LogP contribution is -2.21. The number of hydrogen-bond acceptors (Lipinski definition) is 5. The van der Waals surface area contributed by atoms with Gasteiger partial charge in [-0.15, -0.1) is 0 Å². The van der Waals surface area contributed by atoms with E-state index >= 15 is 0 Å². The Morgan fingerprint density at radius 1 is 1.22 bits per heavy atom. The molecule has 2 aromatic carbocycles. The smallest absolute Gasteiger partial charge is 0.488 e. The van der Waals surface area contributed by atoms with Crippen molar-refractivity contribution in [2.45, 2.75) is 19.5 Å². The van der Waals surface area contributed by atoms with E-state index in [1.165, 1.54) is 12.1 Å². The zero-order chi connectivity index (χ0) is 17.0. The average Bonchev–Trinajstić information content (AvgIpc) is 2.47. The predicted octanol–water partition coefficient (Wildman–Crippen LogP) is 3.18. The first-order valence-corrected chi connectivity index (χ1v) is 8.27. The number of aromatic hydroxyl groups is 1. The number of phenolic OH excluding ortho intramolecular Hbond substituents is 1. The summed E-state index contributed by atoms with van der Waals surface area (Å²) in [5.41, 5.74) is 1.90. The Labute approximate surface area is 135 Å². The molecule has 0 saturated heterocycles. The lowest BCUT2D eigenvalue weighted by Gasteiger charge is -2.25. The van der Waals surface area contributed by atoms with Gasteiger partial charge in [0.1, 0.15) is 11.5 Å². The summed E-state index contributed by atoms with van der Waals surface area (Å²) in [5, 5.41) is 9.54. The molecule has 1 unspecified atom stereocenters. The van der Waals surface area contributed by atoms with E-state index < -0.39 is 10.5 Å². The molecule has 0 fully saturated rings. The molecule has 0 saturated carbocycles. The summed E-state index contributed by atoms with van der Waals surface area (Å²) in [6.45, 7) is 2.61. The van der Waals surface area contributed by atoms with Crippen molar-refractivity contribution in [3.05, 3.63) is 59.7 Å². The lowest BCUT2D eigenvalue weighted by molar-refractivity contribution is 0.252. The molecule has 0 amide bonds. The molecule has 0 aliphatic carbocycles. The summed E-state index contributed by atoms with van der Waals surface area (Å²) in [6.07, 6.45) is 0. The fourth-order valence-corrected chi connectivity index (χ4v) is 2.57. The van der Waals surface area contributed by atoms with Gasteiger partial charge in [-0.25, -0.2) is 0 Å². The second-order valence-electron chi connectivity index (χ2n) is 5.31. The van der Waals surface area contributed by atoms with Crippen molar-refractivity contribution in [2.75, 3.05) is 7.05 Å². The van der Waals surface area contributed by atoms with Crippen molar-refractivity contribution in [3.8, 4) is 11.5 Å². The molecule has 23 heavy (non-hydrogen) atoms. The fraction of sp³-hybridized carbons (Fsp3) is 0.250. The van der Waals surface area contributed by atoms with Crippen molar-refractivity contribution in [2.24, 2.45) is 0 Å². The minimum Gasteiger partial charge on any atom is -0.508 e. The van der Waals surface area contributed by atoms with E-state index in [0.717, 1.165) is 11.1 Å². The van der Waals surface area contributed by atoms with Crippen LogP contribution in [0.2, 0.25) is 0 Å². The number of hydrogen-bond donors (Lipinski definition) is 1. The lowest BCUT2D eigenvalue weighted by atomic mass is 10.1. The van der Waals surface area contributed by atoms with Gasteiger partial charge < -0.3 is 9.29 Å². The molecular formula is C16H18FNO4S. The first-order valence-electron chi connectivity index (χ1n) is 6.97. The Morgan fingerprint density at radius 2 is 1.87 bits per heavy atom. The third-order valence-corrected chi connectivity index (χ3v) is 3.96. The second kappa shape index (κ2) is 6.97. The van der Waals surface area contributed by atoms with E-state index in [9.17, 15) is 17.4 Å². The van der Waals surface area contributed by atoms with Gasteiger partial charge >= 0.3 is 10.5 Å². The largest absolute Gasteiger partial charge is 0.508 e. The molecule has 0 spiro atoms. The van der Waals surface area contributed by atoms with Gasteiger partial charge in [-0.3, -0.25) is 4.90 Å². The van der Waals surface area contributed by atoms with Gasteiger partial charge in [0, 0.05) is 12.6 Å². The van der Waals surface area contributed by atoms with Gasteiger partial charge in [-0.1, -0.05) is 28.2 Å². The predicted molar refractivity (Wildman–Crippen MR) is 85.1 cm³/mol. The van der Waals surface area contributed by atoms with Crippen molar-refractivity contribution in [1.29, 1.82) is 0 Å². The molecule has 0 radical (unpaired) electrons. The Morgan fingerprint density at radius 3 is 2.43 bits per heavy atom. The maximum Gasteiger partial charge on any atom is 0.488 e. The van der Waals surface area contributed by atoms with Crippen LogP contribution in [0.1, 0.15) is 24.1 Å². The van der Waals surface area contributed by atoms with Crippen molar-refractivity contribution >= 4 is 10.5 Å². The van der Waals surface area contributed by atoms with Crippen molar-refractivity contribution in [3.63, 3.8) is 0 Å². The number of nitrogens with zero attached hydrogens (tertiary/aromatic N) is 1. The standard InChI is InChI=1S/C16H18FNO4S/c1-12(14-4-3-5-15(19)10-14)18(2)11-13-6-8-16(9-7-13)22-23(17,20)21/h3-10,12,19H,11H2,1-2H3. The van der Waals surface area contributed by atoms with Gasteiger partial charge in [-0.05, 0) is 49.4 Å². The summed E-state index contributed by atoms with van der Waals surface area (Å²) in [5.74, 6) is 0.150. The van der Waals surface area contributed by atoms with E-state index in [1.54, 1.807) is 30.3 Å². The van der Waals surface area contributed by atoms with E-state index in [1.807, 2.05) is 20.0 Å². The maximum atomic E-state index is 12.4. The molecule has 0 bridgehead atoms. The SMILES string of the molecule is CC(c1cccc(O)c1)N(C)Cc1ccc(OS(=O)(=O)F)cc1. The molecule has 0 aliphatic heterocycles. The van der Waals surface area contributed by atoms with Crippen LogP contribution in [0.4, 0.5) is 3.89 Å². The van der Waals surface area contributed by atoms with Gasteiger partial charge in [-0.2, -0.15) is 8.42 Å². The number of benzene rings is 2. The monoisotopic (exact) mass is 339 g/mol. The van der Waals surface area contributed by atoms with E-state index in [4.69, 9.17) is 0 Å². The molecule has 2 rings (SSSR count). The van der Waals surface area contributed by atoms with E-state index in [0.29, 0.717) is 6.54 Å². The van der Waals surface area contributed by atoms with Crippen molar-refractivity contribution in [1.82, 2.24) is 4.90 Å². The first-order chi connectivity index (χ1) is 10.7. The molecule has 0 aromatic heterocycles. The van der Waals surface area contributed by atoms with Crippen LogP contribution in [0.15, 0.2) is 48.5 Å². The van der Waals surface area contributed by atoms with Crippen LogP contribution in [0.25, 0.3) is 0 Å². The van der Waals surface area contributed by atoms with Gasteiger partial charge in [0.2, 0.25) is 0 Å². The first kappa shape index (κ1) is 17.2. The highest BCUT2D eigenvalue weighted by Gasteiger charge is 2.13. The normalized spacial score (nSPS) is 13.0. The summed E-state index contributed by atoms with van der Waals surface area (Å²) >= 11 is 0. The number of phenols is 1. The Balaban J connectivity index is 2.03. The van der Waals surface area contributed by atoms with Crippen molar-refractivity contribution < 1.29 is 21.6 Å². The molecule has 1 N–H and O–H groups in total. The molecular weight excluding hydrogens is 321 g/mol. The summed E-state index contributed by atoms with van der Waals surface area (Å²) < 4.78 is 37.4. The zero-order valence-electron chi connectivity index (χ0n) is 12.8. The molecule has 124 valence electrons. The van der Waals surface area contributed by atoms with Crippen LogP contribution < -0.4 is 4.18 Å². The van der Waals surface area contributed by atoms with Crippen LogP contribution >= 0.6 is 0 Å². The molecule has 0 aliphatic rings. The molecule has 2 aromatic rings. The minimum atomic E-state index is -5.00. The minimum absolute atomic E-state index is 0.0695. The molecule has 0 heterocycles. The van der Waals surface area contributed by atoms with Crippen LogP contribution in [0, 0.1) is 0 Å². The number of halogens is 1. The summed E-state index contributed by atoms with van der Waals surface area (Å²) in [6, 6.07) is 13.3. The third-order valence-electron chi connectivity index (χ3n) is 3.56. The Kier molecular flexibility index (Phi) is 5.23. The molecule has 1 atom stereocenters. The summed E-state index contributed by atoms with van der Waals surface area (Å²) in [4.78, 5) is 2.07. The van der Waals surface area contributed by atoms with Crippen LogP contribution in [-0.4, -0.2) is 25.5 Å². The van der Waals surface area contributed by atoms with Gasteiger partial charge in [0.15, 0.2) is 0 Å². The maximum absolute atomic E-state index is 12.4. The fourth-order valence-electron chi connectivity index (χ4n) is 2.23. The van der Waals surface area contributed by atoms with Gasteiger partial charge in [0.05, 0.1) is 0 Å². The Hall–Kier alpha value is -2.12. The van der Waals surface area contributed by atoms with E-state index in [-0.39, 0.29) is 17.5 Å². The molecule has 5 nitrogen and oxygen atoms in total. The highest BCUT2D eigenvalue weighted by molar-refractivity contribution is 7.81. The quantitative estimate of drug-likeness (QED) is 0.819. The van der Waals surface area contributed by atoms with Crippen LogP contribution in [-0.2, 0) is 17.0 Å². The number of rotatable bonds is 6. The second-order valence-corrected chi connectivity index (χ2v) is 6.26. The average molecular weight is 339 g/mol. The van der Waals surface area contributed by atoms with Crippen LogP contribution in [0.3, 0.4) is 0 Å². The molecule has 7 heteroatoms.